The van der Waals surface area contributed by atoms with Crippen molar-refractivity contribution in [2.45, 2.75) is 26.9 Å². The zero-order valence-corrected chi connectivity index (χ0v) is 13.1. The number of aromatic hydroxyl groups is 1. The highest BCUT2D eigenvalue weighted by molar-refractivity contribution is 5.70. The van der Waals surface area contributed by atoms with E-state index in [4.69, 9.17) is 4.74 Å². The third kappa shape index (κ3) is 3.20. The van der Waals surface area contributed by atoms with Crippen molar-refractivity contribution < 1.29 is 19.3 Å². The van der Waals surface area contributed by atoms with Crippen molar-refractivity contribution in [3.63, 3.8) is 0 Å². The second-order valence-electron chi connectivity index (χ2n) is 6.25. The van der Waals surface area contributed by atoms with Gasteiger partial charge in [0.15, 0.2) is 0 Å². The highest BCUT2D eigenvalue weighted by atomic mass is 19.1. The molecule has 2 N–H and O–H groups in total. The third-order valence-electron chi connectivity index (χ3n) is 3.48. The molecule has 0 aliphatic rings. The normalized spacial score (nSPS) is 13.0. The zero-order valence-electron chi connectivity index (χ0n) is 13.1. The maximum absolute atomic E-state index is 14.2. The monoisotopic (exact) mass is 305 g/mol. The number of pyridine rings is 1. The standard InChI is InChI=1S/C17H20FNO3/c1-17(2,3)16(21)13-7-10(20)5-6-11(13)12-8-15(22-4)19-9-14(12)18/h5-9,16,20-21H,1-4H3. The topological polar surface area (TPSA) is 62.6 Å². The number of rotatable bonds is 3. The molecule has 1 heterocycles. The first-order valence-corrected chi connectivity index (χ1v) is 6.95. The van der Waals surface area contributed by atoms with Crippen LogP contribution in [0, 0.1) is 11.2 Å². The molecule has 0 radical (unpaired) electrons. The summed E-state index contributed by atoms with van der Waals surface area (Å²) in [6.45, 7) is 5.61. The van der Waals surface area contributed by atoms with E-state index >= 15 is 0 Å². The van der Waals surface area contributed by atoms with Crippen LogP contribution in [-0.4, -0.2) is 22.3 Å². The maximum atomic E-state index is 14.2. The van der Waals surface area contributed by atoms with Crippen LogP contribution in [0.3, 0.4) is 0 Å². The predicted octanol–water partition coefficient (Wildman–Crippen LogP) is 3.68. The van der Waals surface area contributed by atoms with Gasteiger partial charge < -0.3 is 14.9 Å². The minimum absolute atomic E-state index is 0.0171. The first-order chi connectivity index (χ1) is 10.2. The van der Waals surface area contributed by atoms with Gasteiger partial charge in [-0.3, -0.25) is 0 Å². The number of phenols is 1. The third-order valence-corrected chi connectivity index (χ3v) is 3.48. The quantitative estimate of drug-likeness (QED) is 0.908. The average molecular weight is 305 g/mol. The fourth-order valence-corrected chi connectivity index (χ4v) is 2.23. The molecule has 0 saturated carbocycles. The zero-order chi connectivity index (χ0) is 16.5. The van der Waals surface area contributed by atoms with Crippen molar-refractivity contribution in [2.24, 2.45) is 5.41 Å². The number of phenolic OH excluding ortho intramolecular Hbond substituents is 1. The van der Waals surface area contributed by atoms with Crippen LogP contribution in [0.5, 0.6) is 11.6 Å². The van der Waals surface area contributed by atoms with Crippen LogP contribution in [0.2, 0.25) is 0 Å². The molecule has 0 spiro atoms. The number of ether oxygens (including phenoxy) is 1. The lowest BCUT2D eigenvalue weighted by Gasteiger charge is -2.28. The van der Waals surface area contributed by atoms with E-state index in [0.717, 1.165) is 6.20 Å². The van der Waals surface area contributed by atoms with E-state index in [1.165, 1.54) is 25.3 Å². The first kappa shape index (κ1) is 16.2. The Hall–Kier alpha value is -2.14. The maximum Gasteiger partial charge on any atom is 0.213 e. The van der Waals surface area contributed by atoms with Crippen molar-refractivity contribution >= 4 is 0 Å². The van der Waals surface area contributed by atoms with Crippen LogP contribution in [-0.2, 0) is 0 Å². The average Bonchev–Trinajstić information content (AvgIpc) is 2.46. The Morgan fingerprint density at radius 3 is 2.45 bits per heavy atom. The number of hydrogen-bond donors (Lipinski definition) is 2. The first-order valence-electron chi connectivity index (χ1n) is 6.95. The van der Waals surface area contributed by atoms with Crippen LogP contribution in [0.1, 0.15) is 32.4 Å². The van der Waals surface area contributed by atoms with Crippen LogP contribution < -0.4 is 4.74 Å². The van der Waals surface area contributed by atoms with Gasteiger partial charge in [-0.1, -0.05) is 26.8 Å². The van der Waals surface area contributed by atoms with Crippen molar-refractivity contribution in [3.8, 4) is 22.8 Å². The molecule has 5 heteroatoms. The van der Waals surface area contributed by atoms with Gasteiger partial charge in [0.2, 0.25) is 5.88 Å². The molecule has 22 heavy (non-hydrogen) atoms. The Balaban J connectivity index is 2.66. The molecule has 0 aliphatic carbocycles. The minimum Gasteiger partial charge on any atom is -0.508 e. The Kier molecular flexibility index (Phi) is 4.37. The number of nitrogens with zero attached hydrogens (tertiary/aromatic N) is 1. The second-order valence-corrected chi connectivity index (χ2v) is 6.25. The van der Waals surface area contributed by atoms with Gasteiger partial charge >= 0.3 is 0 Å². The van der Waals surface area contributed by atoms with Gasteiger partial charge in [-0.05, 0) is 28.7 Å². The molecule has 2 aromatic rings. The number of methoxy groups -OCH3 is 1. The Morgan fingerprint density at radius 2 is 1.86 bits per heavy atom. The van der Waals surface area contributed by atoms with Crippen molar-refractivity contribution in [3.05, 3.63) is 41.8 Å². The molecule has 0 amide bonds. The largest absolute Gasteiger partial charge is 0.508 e. The molecule has 1 unspecified atom stereocenters. The summed E-state index contributed by atoms with van der Waals surface area (Å²) in [5, 5.41) is 20.3. The van der Waals surface area contributed by atoms with Gasteiger partial charge in [-0.25, -0.2) is 9.37 Å². The number of benzene rings is 1. The second kappa shape index (κ2) is 5.93. The summed E-state index contributed by atoms with van der Waals surface area (Å²) < 4.78 is 19.2. The Bertz CT molecular complexity index is 680. The van der Waals surface area contributed by atoms with Gasteiger partial charge in [0, 0.05) is 11.6 Å². The van der Waals surface area contributed by atoms with Crippen molar-refractivity contribution in [2.75, 3.05) is 7.11 Å². The van der Waals surface area contributed by atoms with Crippen LogP contribution in [0.25, 0.3) is 11.1 Å². The van der Waals surface area contributed by atoms with Gasteiger partial charge in [0.25, 0.3) is 0 Å². The Morgan fingerprint density at radius 1 is 1.18 bits per heavy atom. The number of aliphatic hydroxyl groups is 1. The highest BCUT2D eigenvalue weighted by Gasteiger charge is 2.27. The van der Waals surface area contributed by atoms with Gasteiger partial charge in [0.1, 0.15) is 11.6 Å². The molecule has 118 valence electrons. The number of hydrogen-bond acceptors (Lipinski definition) is 4. The fourth-order valence-electron chi connectivity index (χ4n) is 2.23. The molecule has 0 aliphatic heterocycles. The molecule has 1 aromatic carbocycles. The van der Waals surface area contributed by atoms with E-state index in [1.54, 1.807) is 6.07 Å². The van der Waals surface area contributed by atoms with Crippen molar-refractivity contribution in [1.82, 2.24) is 4.98 Å². The lowest BCUT2D eigenvalue weighted by Crippen LogP contribution is -2.18. The van der Waals surface area contributed by atoms with Gasteiger partial charge in [0.05, 0.1) is 19.4 Å². The molecule has 0 bridgehead atoms. The molecule has 0 saturated heterocycles. The van der Waals surface area contributed by atoms with E-state index in [2.05, 4.69) is 4.98 Å². The summed E-state index contributed by atoms with van der Waals surface area (Å²) in [5.41, 5.74) is 0.763. The summed E-state index contributed by atoms with van der Waals surface area (Å²) >= 11 is 0. The van der Waals surface area contributed by atoms with E-state index in [1.807, 2.05) is 20.8 Å². The van der Waals surface area contributed by atoms with E-state index in [-0.39, 0.29) is 17.2 Å². The molecule has 1 atom stereocenters. The molecular formula is C17H20FNO3. The summed E-state index contributed by atoms with van der Waals surface area (Å²) in [6, 6.07) is 5.97. The smallest absolute Gasteiger partial charge is 0.213 e. The predicted molar refractivity (Wildman–Crippen MR) is 82.3 cm³/mol. The van der Waals surface area contributed by atoms with E-state index in [9.17, 15) is 14.6 Å². The molecular weight excluding hydrogens is 285 g/mol. The van der Waals surface area contributed by atoms with Crippen LogP contribution >= 0.6 is 0 Å². The number of aromatic nitrogens is 1. The summed E-state index contributed by atoms with van der Waals surface area (Å²) in [4.78, 5) is 3.81. The molecule has 2 rings (SSSR count). The molecule has 4 nitrogen and oxygen atoms in total. The molecule has 0 fully saturated rings. The van der Waals surface area contributed by atoms with Crippen LogP contribution in [0.4, 0.5) is 4.39 Å². The summed E-state index contributed by atoms with van der Waals surface area (Å²) in [7, 11) is 1.45. The number of halogens is 1. The Labute approximate surface area is 129 Å². The van der Waals surface area contributed by atoms with E-state index in [0.29, 0.717) is 11.1 Å². The van der Waals surface area contributed by atoms with Crippen LogP contribution in [0.15, 0.2) is 30.5 Å². The SMILES string of the molecule is COc1cc(-c2ccc(O)cc2C(O)C(C)(C)C)c(F)cn1. The lowest BCUT2D eigenvalue weighted by molar-refractivity contribution is 0.0629. The molecule has 1 aromatic heterocycles. The fraction of sp³-hybridized carbons (Fsp3) is 0.353. The van der Waals surface area contributed by atoms with Gasteiger partial charge in [-0.15, -0.1) is 0 Å². The summed E-state index contributed by atoms with van der Waals surface area (Å²) in [5.74, 6) is -0.224. The van der Waals surface area contributed by atoms with E-state index < -0.39 is 17.3 Å². The van der Waals surface area contributed by atoms with Crippen molar-refractivity contribution in [1.29, 1.82) is 0 Å². The van der Waals surface area contributed by atoms with Gasteiger partial charge in [-0.2, -0.15) is 0 Å². The minimum atomic E-state index is -0.867. The highest BCUT2D eigenvalue weighted by Crippen LogP contribution is 2.40. The number of aliphatic hydroxyl groups excluding tert-OH is 1. The lowest BCUT2D eigenvalue weighted by atomic mass is 9.82. The summed E-state index contributed by atoms with van der Waals surface area (Å²) in [6.07, 6.45) is 0.210.